The lowest BCUT2D eigenvalue weighted by molar-refractivity contribution is 0.197. The minimum atomic E-state index is -3.77. The van der Waals surface area contributed by atoms with Crippen molar-refractivity contribution in [2.24, 2.45) is 0 Å². The second kappa shape index (κ2) is 9.42. The molecule has 2 aromatic carbocycles. The van der Waals surface area contributed by atoms with Gasteiger partial charge in [0.05, 0.1) is 27.8 Å². The van der Waals surface area contributed by atoms with E-state index in [1.54, 1.807) is 18.2 Å². The van der Waals surface area contributed by atoms with Crippen molar-refractivity contribution in [1.29, 1.82) is 0 Å². The van der Waals surface area contributed by atoms with Crippen LogP contribution in [0.4, 0.5) is 0 Å². The summed E-state index contributed by atoms with van der Waals surface area (Å²) in [4.78, 5) is 2.12. The standard InChI is InChI=1S/C19H22Cl2N2O5S2/c1-28-15-4-2-5-16(14-15)29(24,25)13-12-22-8-10-23(11-9-22)30(26,27)18-7-3-6-17(20)19(18)21/h2-7,14H,8-13H2,1H3. The van der Waals surface area contributed by atoms with Gasteiger partial charge in [-0.15, -0.1) is 0 Å². The summed E-state index contributed by atoms with van der Waals surface area (Å²) < 4.78 is 57.4. The Balaban J connectivity index is 1.61. The van der Waals surface area contributed by atoms with Crippen molar-refractivity contribution in [1.82, 2.24) is 9.21 Å². The average molecular weight is 493 g/mol. The Bertz CT molecular complexity index is 1120. The Labute approximate surface area is 187 Å². The largest absolute Gasteiger partial charge is 0.497 e. The number of sulfonamides is 1. The molecule has 30 heavy (non-hydrogen) atoms. The maximum Gasteiger partial charge on any atom is 0.244 e. The number of benzene rings is 2. The van der Waals surface area contributed by atoms with Gasteiger partial charge in [-0.25, -0.2) is 16.8 Å². The lowest BCUT2D eigenvalue weighted by Crippen LogP contribution is -2.49. The van der Waals surface area contributed by atoms with Crippen molar-refractivity contribution in [2.45, 2.75) is 9.79 Å². The van der Waals surface area contributed by atoms with Crippen LogP contribution in [0, 0.1) is 0 Å². The highest BCUT2D eigenvalue weighted by Crippen LogP contribution is 2.31. The lowest BCUT2D eigenvalue weighted by Gasteiger charge is -2.34. The lowest BCUT2D eigenvalue weighted by atomic mass is 10.3. The van der Waals surface area contributed by atoms with E-state index in [0.29, 0.717) is 25.4 Å². The van der Waals surface area contributed by atoms with E-state index in [9.17, 15) is 16.8 Å². The first-order valence-corrected chi connectivity index (χ1v) is 13.0. The molecule has 0 atom stereocenters. The van der Waals surface area contributed by atoms with Crippen LogP contribution < -0.4 is 4.74 Å². The number of ether oxygens (including phenoxy) is 1. The molecule has 1 aliphatic rings. The van der Waals surface area contributed by atoms with Gasteiger partial charge in [-0.3, -0.25) is 4.90 Å². The van der Waals surface area contributed by atoms with Gasteiger partial charge in [-0.1, -0.05) is 35.3 Å². The van der Waals surface area contributed by atoms with Gasteiger partial charge in [0.15, 0.2) is 9.84 Å². The van der Waals surface area contributed by atoms with Crippen molar-refractivity contribution >= 4 is 43.1 Å². The summed E-state index contributed by atoms with van der Waals surface area (Å²) in [7, 11) is -5.77. The van der Waals surface area contributed by atoms with Crippen LogP contribution in [0.15, 0.2) is 52.3 Å². The molecule has 3 rings (SSSR count). The third-order valence-corrected chi connectivity index (χ3v) is 9.51. The molecule has 0 aliphatic carbocycles. The Hall–Kier alpha value is -1.36. The first-order chi connectivity index (χ1) is 14.1. The van der Waals surface area contributed by atoms with E-state index in [4.69, 9.17) is 27.9 Å². The minimum Gasteiger partial charge on any atom is -0.497 e. The third kappa shape index (κ3) is 5.09. The fourth-order valence-corrected chi connectivity index (χ4v) is 6.65. The topological polar surface area (TPSA) is 84.0 Å². The van der Waals surface area contributed by atoms with Crippen LogP contribution in [-0.4, -0.2) is 71.6 Å². The molecule has 0 aromatic heterocycles. The molecule has 1 saturated heterocycles. The predicted octanol–water partition coefficient (Wildman–Crippen LogP) is 2.78. The summed E-state index contributed by atoms with van der Waals surface area (Å²) in [5, 5.41) is 0.185. The number of rotatable bonds is 7. The molecule has 0 spiro atoms. The van der Waals surface area contributed by atoms with Crippen molar-refractivity contribution in [3.05, 3.63) is 52.5 Å². The summed E-state index contributed by atoms with van der Waals surface area (Å²) in [6, 6.07) is 10.9. The Kier molecular flexibility index (Phi) is 7.32. The van der Waals surface area contributed by atoms with Crippen LogP contribution in [0.2, 0.25) is 10.0 Å². The molecule has 2 aromatic rings. The molecule has 0 saturated carbocycles. The molecule has 0 radical (unpaired) electrons. The van der Waals surface area contributed by atoms with Gasteiger partial charge in [0.1, 0.15) is 10.6 Å². The highest BCUT2D eigenvalue weighted by molar-refractivity contribution is 7.91. The number of hydrogen-bond acceptors (Lipinski definition) is 6. The number of nitrogens with zero attached hydrogens (tertiary/aromatic N) is 2. The molecule has 1 fully saturated rings. The van der Waals surface area contributed by atoms with E-state index in [0.717, 1.165) is 0 Å². The van der Waals surface area contributed by atoms with Crippen molar-refractivity contribution in [2.75, 3.05) is 45.6 Å². The quantitative estimate of drug-likeness (QED) is 0.590. The van der Waals surface area contributed by atoms with Gasteiger partial charge < -0.3 is 4.74 Å². The van der Waals surface area contributed by atoms with Crippen LogP contribution in [-0.2, 0) is 19.9 Å². The normalized spacial score (nSPS) is 16.5. The first-order valence-electron chi connectivity index (χ1n) is 9.18. The zero-order valence-electron chi connectivity index (χ0n) is 16.3. The first kappa shape index (κ1) is 23.3. The van der Waals surface area contributed by atoms with Crippen molar-refractivity contribution in [3.8, 4) is 5.75 Å². The molecule has 11 heteroatoms. The molecule has 0 N–H and O–H groups in total. The van der Waals surface area contributed by atoms with E-state index in [2.05, 4.69) is 0 Å². The van der Waals surface area contributed by atoms with Crippen LogP contribution in [0.5, 0.6) is 5.75 Å². The van der Waals surface area contributed by atoms with E-state index >= 15 is 0 Å². The summed E-state index contributed by atoms with van der Waals surface area (Å²) in [5.41, 5.74) is 0. The minimum absolute atomic E-state index is 0.00554. The highest BCUT2D eigenvalue weighted by Gasteiger charge is 2.31. The maximum atomic E-state index is 12.9. The van der Waals surface area contributed by atoms with Crippen LogP contribution in [0.3, 0.4) is 0 Å². The molecular weight excluding hydrogens is 471 g/mol. The van der Waals surface area contributed by atoms with Gasteiger partial charge in [0.25, 0.3) is 0 Å². The number of sulfone groups is 1. The SMILES string of the molecule is COc1cccc(S(=O)(=O)CCN2CCN(S(=O)(=O)c3cccc(Cl)c3Cl)CC2)c1. The fraction of sp³-hybridized carbons (Fsp3) is 0.368. The van der Waals surface area contributed by atoms with Crippen LogP contribution in [0.1, 0.15) is 0 Å². The maximum absolute atomic E-state index is 12.9. The molecule has 0 unspecified atom stereocenters. The van der Waals surface area contributed by atoms with Gasteiger partial charge in [0, 0.05) is 32.7 Å². The van der Waals surface area contributed by atoms with Crippen LogP contribution >= 0.6 is 23.2 Å². The Morgan fingerprint density at radius 2 is 1.63 bits per heavy atom. The van der Waals surface area contributed by atoms with Gasteiger partial charge in [0.2, 0.25) is 10.0 Å². The van der Waals surface area contributed by atoms with E-state index < -0.39 is 19.9 Å². The number of piperazine rings is 1. The van der Waals surface area contributed by atoms with Crippen molar-refractivity contribution < 1.29 is 21.6 Å². The Morgan fingerprint density at radius 3 is 2.30 bits per heavy atom. The molecule has 1 heterocycles. The number of halogens is 2. The fourth-order valence-electron chi connectivity index (χ4n) is 3.18. The second-order valence-corrected chi connectivity index (χ2v) is 11.6. The van der Waals surface area contributed by atoms with E-state index in [1.807, 2.05) is 4.90 Å². The summed E-state index contributed by atoms with van der Waals surface area (Å²) in [6.45, 7) is 1.64. The van der Waals surface area contributed by atoms with Gasteiger partial charge in [-0.2, -0.15) is 4.31 Å². The van der Waals surface area contributed by atoms with Crippen molar-refractivity contribution in [3.63, 3.8) is 0 Å². The monoisotopic (exact) mass is 492 g/mol. The third-order valence-electron chi connectivity index (χ3n) is 4.94. The Morgan fingerprint density at radius 1 is 0.967 bits per heavy atom. The molecule has 7 nitrogen and oxygen atoms in total. The molecule has 1 aliphatic heterocycles. The highest BCUT2D eigenvalue weighted by atomic mass is 35.5. The average Bonchev–Trinajstić information content (AvgIpc) is 2.74. The summed E-state index contributed by atoms with van der Waals surface area (Å²) in [5.74, 6) is 0.419. The molecule has 0 amide bonds. The molecule has 0 bridgehead atoms. The predicted molar refractivity (Wildman–Crippen MR) is 117 cm³/mol. The summed E-state index contributed by atoms with van der Waals surface area (Å²) in [6.07, 6.45) is 0. The zero-order valence-corrected chi connectivity index (χ0v) is 19.4. The zero-order chi connectivity index (χ0) is 21.9. The summed E-state index contributed by atoms with van der Waals surface area (Å²) >= 11 is 12.0. The molecular formula is C19H22Cl2N2O5S2. The van der Waals surface area contributed by atoms with Crippen LogP contribution in [0.25, 0.3) is 0 Å². The van der Waals surface area contributed by atoms with Gasteiger partial charge >= 0.3 is 0 Å². The van der Waals surface area contributed by atoms with Gasteiger partial charge in [-0.05, 0) is 30.3 Å². The second-order valence-electron chi connectivity index (χ2n) is 6.80. The number of methoxy groups -OCH3 is 1. The molecule has 164 valence electrons. The van der Waals surface area contributed by atoms with E-state index in [1.165, 1.54) is 35.7 Å². The van der Waals surface area contributed by atoms with E-state index in [-0.39, 0.29) is 38.7 Å². The number of hydrogen-bond donors (Lipinski definition) is 0. The smallest absolute Gasteiger partial charge is 0.244 e.